The van der Waals surface area contributed by atoms with Gasteiger partial charge in [0.1, 0.15) is 0 Å². The topological polar surface area (TPSA) is 74.6 Å². The molecule has 0 aromatic heterocycles. The fourth-order valence-electron chi connectivity index (χ4n) is 5.50. The van der Waals surface area contributed by atoms with Crippen LogP contribution < -0.4 is 0 Å². The number of ketones is 1. The smallest absolute Gasteiger partial charge is 0.372 e. The Bertz CT molecular complexity index is 612. The Balaban J connectivity index is 1.54. The Morgan fingerprint density at radius 2 is 1.81 bits per heavy atom. The summed E-state index contributed by atoms with van der Waals surface area (Å²) in [4.78, 5) is 22.0. The SMILES string of the molecule is CC(CCC(=O)C(=O)O)=C1C[C@@H]2CC[C@H](/C=C/[C@H](O)C3CCCCC3)[C@H]2C1. The predicted molar refractivity (Wildman–Crippen MR) is 105 cm³/mol. The Labute approximate surface area is 162 Å². The van der Waals surface area contributed by atoms with Gasteiger partial charge in [0.2, 0.25) is 5.78 Å². The summed E-state index contributed by atoms with van der Waals surface area (Å²) in [5, 5.41) is 19.2. The van der Waals surface area contributed by atoms with E-state index in [4.69, 9.17) is 5.11 Å². The largest absolute Gasteiger partial charge is 0.476 e. The molecule has 150 valence electrons. The van der Waals surface area contributed by atoms with Gasteiger partial charge in [-0.05, 0) is 75.5 Å². The number of aliphatic hydroxyl groups excluding tert-OH is 1. The average molecular weight is 375 g/mol. The van der Waals surface area contributed by atoms with E-state index in [1.807, 2.05) is 0 Å². The molecule has 0 saturated heterocycles. The summed E-state index contributed by atoms with van der Waals surface area (Å²) in [7, 11) is 0. The van der Waals surface area contributed by atoms with Crippen molar-refractivity contribution in [3.63, 3.8) is 0 Å². The third-order valence-electron chi connectivity index (χ3n) is 7.27. The highest BCUT2D eigenvalue weighted by molar-refractivity contribution is 6.32. The number of aliphatic carboxylic acids is 1. The Hall–Kier alpha value is -1.42. The monoisotopic (exact) mass is 374 g/mol. The molecule has 3 aliphatic rings. The molecule has 3 aliphatic carbocycles. The highest BCUT2D eigenvalue weighted by Crippen LogP contribution is 2.51. The molecule has 0 amide bonds. The minimum Gasteiger partial charge on any atom is -0.476 e. The lowest BCUT2D eigenvalue weighted by Gasteiger charge is -2.25. The van der Waals surface area contributed by atoms with E-state index >= 15 is 0 Å². The second-order valence-electron chi connectivity index (χ2n) is 8.96. The number of hydrogen-bond donors (Lipinski definition) is 2. The summed E-state index contributed by atoms with van der Waals surface area (Å²) >= 11 is 0. The van der Waals surface area contributed by atoms with Crippen molar-refractivity contribution in [2.75, 3.05) is 0 Å². The maximum absolute atomic E-state index is 11.3. The van der Waals surface area contributed by atoms with Crippen LogP contribution in [-0.4, -0.2) is 28.1 Å². The molecule has 0 spiro atoms. The van der Waals surface area contributed by atoms with Crippen LogP contribution in [0, 0.1) is 23.7 Å². The van der Waals surface area contributed by atoms with E-state index in [1.165, 1.54) is 43.3 Å². The first-order chi connectivity index (χ1) is 13.0. The Kier molecular flexibility index (Phi) is 6.91. The predicted octanol–water partition coefficient (Wildman–Crippen LogP) is 4.67. The number of fused-ring (bicyclic) bond motifs is 1. The van der Waals surface area contributed by atoms with Gasteiger partial charge in [0.05, 0.1) is 6.10 Å². The minimum atomic E-state index is -1.32. The number of allylic oxidation sites excluding steroid dienone is 3. The molecule has 3 fully saturated rings. The minimum absolute atomic E-state index is 0.108. The van der Waals surface area contributed by atoms with Gasteiger partial charge in [0.25, 0.3) is 0 Å². The highest BCUT2D eigenvalue weighted by atomic mass is 16.4. The lowest BCUT2D eigenvalue weighted by atomic mass is 9.84. The molecule has 2 N–H and O–H groups in total. The first kappa shape index (κ1) is 20.3. The van der Waals surface area contributed by atoms with E-state index < -0.39 is 11.8 Å². The van der Waals surface area contributed by atoms with E-state index in [2.05, 4.69) is 19.1 Å². The second kappa shape index (κ2) is 9.18. The van der Waals surface area contributed by atoms with Crippen molar-refractivity contribution in [2.45, 2.75) is 83.7 Å². The molecule has 0 radical (unpaired) electrons. The van der Waals surface area contributed by atoms with Gasteiger partial charge in [-0.15, -0.1) is 0 Å². The molecular formula is C23H34O4. The van der Waals surface area contributed by atoms with Gasteiger partial charge in [-0.3, -0.25) is 4.79 Å². The average Bonchev–Trinajstić information content (AvgIpc) is 3.25. The van der Waals surface area contributed by atoms with Crippen LogP contribution in [-0.2, 0) is 9.59 Å². The van der Waals surface area contributed by atoms with Gasteiger partial charge in [-0.2, -0.15) is 0 Å². The summed E-state index contributed by atoms with van der Waals surface area (Å²) in [6, 6.07) is 0. The molecule has 3 rings (SSSR count). The maximum atomic E-state index is 11.3. The molecule has 0 aromatic carbocycles. The number of hydrogen-bond acceptors (Lipinski definition) is 3. The number of aliphatic hydroxyl groups is 1. The summed E-state index contributed by atoms with van der Waals surface area (Å²) < 4.78 is 0. The van der Waals surface area contributed by atoms with E-state index in [0.717, 1.165) is 25.7 Å². The number of Topliss-reactive ketones (excluding diaryl/α,β-unsaturated/α-hetero) is 1. The van der Waals surface area contributed by atoms with Gasteiger partial charge < -0.3 is 10.2 Å². The molecule has 4 atom stereocenters. The summed E-state index contributed by atoms with van der Waals surface area (Å²) in [5.41, 5.74) is 2.65. The molecule has 0 heterocycles. The van der Waals surface area contributed by atoms with Crippen molar-refractivity contribution in [2.24, 2.45) is 23.7 Å². The third kappa shape index (κ3) is 5.10. The highest BCUT2D eigenvalue weighted by Gasteiger charge is 2.40. The van der Waals surface area contributed by atoms with Gasteiger partial charge in [0, 0.05) is 6.42 Å². The zero-order chi connectivity index (χ0) is 19.4. The number of carboxylic acids is 1. The van der Waals surface area contributed by atoms with Crippen LogP contribution in [0.3, 0.4) is 0 Å². The van der Waals surface area contributed by atoms with Crippen molar-refractivity contribution in [3.05, 3.63) is 23.3 Å². The first-order valence-electron chi connectivity index (χ1n) is 10.8. The molecule has 27 heavy (non-hydrogen) atoms. The van der Waals surface area contributed by atoms with Crippen LogP contribution in [0.4, 0.5) is 0 Å². The van der Waals surface area contributed by atoms with E-state index in [-0.39, 0.29) is 12.5 Å². The molecule has 0 bridgehead atoms. The van der Waals surface area contributed by atoms with Gasteiger partial charge in [0.15, 0.2) is 0 Å². The van der Waals surface area contributed by atoms with Crippen molar-refractivity contribution in [1.29, 1.82) is 0 Å². The fourth-order valence-corrected chi connectivity index (χ4v) is 5.50. The number of rotatable bonds is 7. The number of carbonyl (C=O) groups excluding carboxylic acids is 1. The maximum Gasteiger partial charge on any atom is 0.372 e. The van der Waals surface area contributed by atoms with Gasteiger partial charge in [-0.1, -0.05) is 42.6 Å². The van der Waals surface area contributed by atoms with E-state index in [9.17, 15) is 14.7 Å². The van der Waals surface area contributed by atoms with Crippen molar-refractivity contribution in [1.82, 2.24) is 0 Å². The molecule has 0 aromatic rings. The van der Waals surface area contributed by atoms with Gasteiger partial charge >= 0.3 is 5.97 Å². The molecule has 4 nitrogen and oxygen atoms in total. The first-order valence-corrected chi connectivity index (χ1v) is 10.8. The molecule has 0 unspecified atom stereocenters. The van der Waals surface area contributed by atoms with Crippen LogP contribution in [0.2, 0.25) is 0 Å². The van der Waals surface area contributed by atoms with Crippen molar-refractivity contribution < 1.29 is 19.8 Å². The van der Waals surface area contributed by atoms with Crippen LogP contribution >= 0.6 is 0 Å². The summed E-state index contributed by atoms with van der Waals surface area (Å²) in [6.45, 7) is 2.06. The van der Waals surface area contributed by atoms with Crippen molar-refractivity contribution >= 4 is 11.8 Å². The number of carbonyl (C=O) groups is 2. The lowest BCUT2D eigenvalue weighted by Crippen LogP contribution is -2.21. The molecule has 4 heteroatoms. The summed E-state index contributed by atoms with van der Waals surface area (Å²) in [5.74, 6) is 0.356. The van der Waals surface area contributed by atoms with Crippen LogP contribution in [0.5, 0.6) is 0 Å². The van der Waals surface area contributed by atoms with Gasteiger partial charge in [-0.25, -0.2) is 4.79 Å². The number of carboxylic acid groups (broad SMARTS) is 1. The summed E-state index contributed by atoms with van der Waals surface area (Å²) in [6.07, 6.45) is 15.5. The third-order valence-corrected chi connectivity index (χ3v) is 7.27. The zero-order valence-electron chi connectivity index (χ0n) is 16.5. The van der Waals surface area contributed by atoms with Crippen LogP contribution in [0.25, 0.3) is 0 Å². The van der Waals surface area contributed by atoms with E-state index in [1.54, 1.807) is 0 Å². The second-order valence-corrected chi connectivity index (χ2v) is 8.96. The van der Waals surface area contributed by atoms with Crippen LogP contribution in [0.15, 0.2) is 23.3 Å². The zero-order valence-corrected chi connectivity index (χ0v) is 16.5. The Morgan fingerprint density at radius 1 is 1.07 bits per heavy atom. The quantitative estimate of drug-likeness (QED) is 0.501. The normalized spacial score (nSPS) is 31.9. The van der Waals surface area contributed by atoms with E-state index in [0.29, 0.717) is 30.1 Å². The lowest BCUT2D eigenvalue weighted by molar-refractivity contribution is -0.149. The standard InChI is InChI=1S/C23H34O4/c1-15(7-11-22(25)23(26)27)19-13-18-9-8-16(20(18)14-19)10-12-21(24)17-5-3-2-4-6-17/h10,12,16-18,20-21,24H,2-9,11,13-14H2,1H3,(H,26,27)/b12-10+,19-15?/t16-,18+,20-,21+/m1/s1. The Morgan fingerprint density at radius 3 is 2.52 bits per heavy atom. The fraction of sp³-hybridized carbons (Fsp3) is 0.739. The molecular weight excluding hydrogens is 340 g/mol. The van der Waals surface area contributed by atoms with Crippen LogP contribution in [0.1, 0.15) is 77.6 Å². The molecule has 3 saturated carbocycles. The molecule has 0 aliphatic heterocycles. The van der Waals surface area contributed by atoms with Crippen molar-refractivity contribution in [3.8, 4) is 0 Å².